The predicted octanol–water partition coefficient (Wildman–Crippen LogP) is 17.2. The molecule has 11 heteroatoms. The molecule has 1 fully saturated rings. The summed E-state index contributed by atoms with van der Waals surface area (Å²) in [5.41, 5.74) is 0. The summed E-state index contributed by atoms with van der Waals surface area (Å²) in [6, 6.07) is -0.828. The summed E-state index contributed by atoms with van der Waals surface area (Å²) in [5, 5.41) is 54.2. The van der Waals surface area contributed by atoms with Crippen LogP contribution in [0.1, 0.15) is 322 Å². The fraction of sp³-hybridized carbons (Fsp3) is 0.857. The topological polar surface area (TPSA) is 175 Å². The molecule has 0 aromatic carbocycles. The number of amides is 1. The third kappa shape index (κ3) is 48.5. The zero-order chi connectivity index (χ0) is 58.7. The van der Waals surface area contributed by atoms with E-state index in [1.807, 2.05) is 6.08 Å². The van der Waals surface area contributed by atoms with Crippen molar-refractivity contribution in [1.82, 2.24) is 5.32 Å². The molecule has 1 saturated heterocycles. The summed E-state index contributed by atoms with van der Waals surface area (Å²) in [6.45, 7) is 4.29. The molecule has 1 aliphatic rings. The Bertz CT molecular complexity index is 1480. The highest BCUT2D eigenvalue weighted by atomic mass is 16.7. The largest absolute Gasteiger partial charge is 0.466 e. The highest BCUT2D eigenvalue weighted by molar-refractivity contribution is 5.76. The Balaban J connectivity index is 1.93. The number of allylic oxidation sites excluding steroid dienone is 7. The van der Waals surface area contributed by atoms with E-state index in [1.54, 1.807) is 6.08 Å². The van der Waals surface area contributed by atoms with Crippen molar-refractivity contribution >= 4 is 11.9 Å². The van der Waals surface area contributed by atoms with Crippen LogP contribution in [-0.4, -0.2) is 100 Å². The van der Waals surface area contributed by atoms with Crippen LogP contribution in [0.5, 0.6) is 0 Å². The molecule has 11 nitrogen and oxygen atoms in total. The molecule has 0 saturated carbocycles. The van der Waals surface area contributed by atoms with Crippen LogP contribution in [0.15, 0.2) is 48.6 Å². The van der Waals surface area contributed by atoms with Gasteiger partial charge in [0.1, 0.15) is 24.4 Å². The van der Waals surface area contributed by atoms with Crippen LogP contribution < -0.4 is 5.32 Å². The second-order valence-corrected chi connectivity index (χ2v) is 23.9. The van der Waals surface area contributed by atoms with Crippen LogP contribution in [0.25, 0.3) is 0 Å². The Morgan fingerprint density at radius 3 is 1.25 bits per heavy atom. The van der Waals surface area contributed by atoms with Crippen LogP contribution in [0.2, 0.25) is 0 Å². The standard InChI is InChI=1S/C70H129NO10/c1-3-5-7-9-11-13-14-15-16-17-29-32-35-38-42-46-50-54-58-66(75)79-59-55-51-47-43-39-36-33-30-27-25-23-21-19-18-20-22-24-26-28-31-34-37-41-45-49-53-57-65(74)71-62(63(73)56-52-48-44-40-12-10-8-6-4-2)61-80-70-69(78)68(77)67(76)64(60-72)81-70/h12,16-18,20,40,52,56,62-64,67-70,72-73,76-78H,3-11,13-15,19,21-39,41-51,53-55,57-61H2,1-2H3,(H,71,74)/b17-16-,20-18-,40-12+,56-52+. The summed E-state index contributed by atoms with van der Waals surface area (Å²) in [5.74, 6) is -0.195. The van der Waals surface area contributed by atoms with Gasteiger partial charge in [0.2, 0.25) is 5.91 Å². The smallest absolute Gasteiger partial charge is 0.305 e. The van der Waals surface area contributed by atoms with Gasteiger partial charge in [0.05, 0.1) is 32.0 Å². The number of nitrogens with one attached hydrogen (secondary N) is 1. The van der Waals surface area contributed by atoms with Gasteiger partial charge < -0.3 is 45.1 Å². The van der Waals surface area contributed by atoms with Gasteiger partial charge in [-0.15, -0.1) is 0 Å². The Morgan fingerprint density at radius 1 is 0.444 bits per heavy atom. The number of esters is 1. The molecule has 1 heterocycles. The number of hydrogen-bond acceptors (Lipinski definition) is 10. The van der Waals surface area contributed by atoms with E-state index < -0.39 is 49.5 Å². The minimum absolute atomic E-state index is 0.000939. The molecule has 1 rings (SSSR count). The summed E-state index contributed by atoms with van der Waals surface area (Å²) < 4.78 is 16.7. The number of hydrogen-bond donors (Lipinski definition) is 6. The molecule has 7 unspecified atom stereocenters. The molecule has 1 amide bonds. The maximum Gasteiger partial charge on any atom is 0.305 e. The molecular formula is C70H129NO10. The number of rotatable bonds is 60. The van der Waals surface area contributed by atoms with Gasteiger partial charge in [-0.25, -0.2) is 0 Å². The van der Waals surface area contributed by atoms with Crippen LogP contribution in [0.4, 0.5) is 0 Å². The fourth-order valence-electron chi connectivity index (χ4n) is 10.7. The average molecular weight is 1140 g/mol. The second-order valence-electron chi connectivity index (χ2n) is 23.9. The van der Waals surface area contributed by atoms with Crippen LogP contribution in [-0.2, 0) is 23.8 Å². The van der Waals surface area contributed by atoms with Crippen molar-refractivity contribution in [3.05, 3.63) is 48.6 Å². The maximum atomic E-state index is 13.0. The predicted molar refractivity (Wildman–Crippen MR) is 338 cm³/mol. The van der Waals surface area contributed by atoms with Gasteiger partial charge >= 0.3 is 5.97 Å². The van der Waals surface area contributed by atoms with Crippen molar-refractivity contribution < 1.29 is 49.3 Å². The molecule has 0 bridgehead atoms. The van der Waals surface area contributed by atoms with Crippen molar-refractivity contribution in [2.45, 2.75) is 365 Å². The lowest BCUT2D eigenvalue weighted by atomic mass is 9.99. The molecular weight excluding hydrogens is 1010 g/mol. The molecule has 1 aliphatic heterocycles. The van der Waals surface area contributed by atoms with E-state index in [9.17, 15) is 35.1 Å². The van der Waals surface area contributed by atoms with Crippen LogP contribution in [0, 0.1) is 0 Å². The first-order chi connectivity index (χ1) is 39.7. The fourth-order valence-corrected chi connectivity index (χ4v) is 10.7. The molecule has 0 spiro atoms. The zero-order valence-corrected chi connectivity index (χ0v) is 52.5. The molecule has 0 radical (unpaired) electrons. The van der Waals surface area contributed by atoms with Crippen molar-refractivity contribution in [1.29, 1.82) is 0 Å². The van der Waals surface area contributed by atoms with E-state index in [1.165, 1.54) is 238 Å². The highest BCUT2D eigenvalue weighted by Crippen LogP contribution is 2.23. The van der Waals surface area contributed by atoms with Gasteiger partial charge in [0.15, 0.2) is 6.29 Å². The molecule has 81 heavy (non-hydrogen) atoms. The van der Waals surface area contributed by atoms with E-state index in [0.29, 0.717) is 19.4 Å². The number of unbranched alkanes of at least 4 members (excludes halogenated alkanes) is 40. The van der Waals surface area contributed by atoms with E-state index in [0.717, 1.165) is 57.8 Å². The number of carbonyl (C=O) groups excluding carboxylic acids is 2. The molecule has 6 N–H and O–H groups in total. The molecule has 474 valence electrons. The van der Waals surface area contributed by atoms with E-state index in [-0.39, 0.29) is 18.5 Å². The van der Waals surface area contributed by atoms with Gasteiger partial charge in [-0.05, 0) is 96.3 Å². The molecule has 7 atom stereocenters. The summed E-state index contributed by atoms with van der Waals surface area (Å²) in [6.07, 6.45) is 66.9. The molecule has 0 aromatic heterocycles. The van der Waals surface area contributed by atoms with Gasteiger partial charge in [-0.3, -0.25) is 9.59 Å². The number of ether oxygens (including phenoxy) is 3. The number of aliphatic hydroxyl groups is 5. The van der Waals surface area contributed by atoms with Crippen molar-refractivity contribution in [3.63, 3.8) is 0 Å². The van der Waals surface area contributed by atoms with E-state index in [2.05, 4.69) is 55.6 Å². The number of carbonyl (C=O) groups is 2. The van der Waals surface area contributed by atoms with Crippen molar-refractivity contribution in [2.75, 3.05) is 19.8 Å². The summed E-state index contributed by atoms with van der Waals surface area (Å²) in [4.78, 5) is 25.1. The van der Waals surface area contributed by atoms with Gasteiger partial charge in [-0.2, -0.15) is 0 Å². The quantitative estimate of drug-likeness (QED) is 0.0195. The first-order valence-electron chi connectivity index (χ1n) is 34.4. The molecule has 0 aromatic rings. The average Bonchev–Trinajstić information content (AvgIpc) is 3.47. The van der Waals surface area contributed by atoms with Crippen molar-refractivity contribution in [3.8, 4) is 0 Å². The molecule has 0 aliphatic carbocycles. The zero-order valence-electron chi connectivity index (χ0n) is 52.5. The summed E-state index contributed by atoms with van der Waals surface area (Å²) in [7, 11) is 0. The van der Waals surface area contributed by atoms with E-state index >= 15 is 0 Å². The normalized spacial score (nSPS) is 18.5. The highest BCUT2D eigenvalue weighted by Gasteiger charge is 2.44. The van der Waals surface area contributed by atoms with Crippen LogP contribution >= 0.6 is 0 Å². The van der Waals surface area contributed by atoms with Gasteiger partial charge in [0.25, 0.3) is 0 Å². The Hall–Kier alpha value is -2.38. The Labute approximate surface area is 497 Å². The monoisotopic (exact) mass is 1140 g/mol. The lowest BCUT2D eigenvalue weighted by molar-refractivity contribution is -0.302. The third-order valence-electron chi connectivity index (χ3n) is 16.1. The lowest BCUT2D eigenvalue weighted by Gasteiger charge is -2.40. The first kappa shape index (κ1) is 76.6. The van der Waals surface area contributed by atoms with E-state index in [4.69, 9.17) is 14.2 Å². The third-order valence-corrected chi connectivity index (χ3v) is 16.1. The Morgan fingerprint density at radius 2 is 0.802 bits per heavy atom. The van der Waals surface area contributed by atoms with Crippen LogP contribution in [0.3, 0.4) is 0 Å². The van der Waals surface area contributed by atoms with Gasteiger partial charge in [0, 0.05) is 12.8 Å². The van der Waals surface area contributed by atoms with Crippen molar-refractivity contribution in [2.24, 2.45) is 0 Å². The first-order valence-corrected chi connectivity index (χ1v) is 34.4. The lowest BCUT2D eigenvalue weighted by Crippen LogP contribution is -2.60. The minimum Gasteiger partial charge on any atom is -0.466 e. The Kier molecular flexibility index (Phi) is 56.2. The second kappa shape index (κ2) is 59.4. The minimum atomic E-state index is -1.58. The number of aliphatic hydroxyl groups excluding tert-OH is 5. The maximum absolute atomic E-state index is 13.0. The van der Waals surface area contributed by atoms with Gasteiger partial charge in [-0.1, -0.05) is 262 Å². The summed E-state index contributed by atoms with van der Waals surface area (Å²) >= 11 is 0. The SMILES string of the molecule is CCCCC/C=C/CC/C=C/C(O)C(COC1OC(CO)C(O)C(O)C1O)NC(=O)CCCCCCCCCCCC/C=C\CCCCCCCCCCCCCCOC(=O)CCCCCCCCC/C=C\CCCCCCCCC.